The zero-order valence-electron chi connectivity index (χ0n) is 13.4. The minimum absolute atomic E-state index is 0.211. The van der Waals surface area contributed by atoms with Crippen LogP contribution < -0.4 is 16.2 Å². The maximum Gasteiger partial charge on any atom is 0.277 e. The van der Waals surface area contributed by atoms with Crippen LogP contribution in [-0.2, 0) is 13.0 Å². The third-order valence-corrected chi connectivity index (χ3v) is 3.96. The van der Waals surface area contributed by atoms with Crippen LogP contribution in [0, 0.1) is 0 Å². The predicted octanol–water partition coefficient (Wildman–Crippen LogP) is 2.79. The SMILES string of the molecule is CCc1nc(-c2ccc(N(C)C)cc2Cl)n(CC)c(=O)c1N. The second-order valence-corrected chi connectivity index (χ2v) is 5.66. The Balaban J connectivity index is 2.72. The molecule has 0 unspecified atom stereocenters. The molecule has 0 aliphatic carbocycles. The van der Waals surface area contributed by atoms with Crippen LogP contribution in [0.4, 0.5) is 11.4 Å². The van der Waals surface area contributed by atoms with E-state index in [1.807, 2.05) is 51.0 Å². The average Bonchev–Trinajstić information content (AvgIpc) is 2.49. The zero-order valence-corrected chi connectivity index (χ0v) is 14.1. The Morgan fingerprint density at radius 3 is 2.50 bits per heavy atom. The van der Waals surface area contributed by atoms with Gasteiger partial charge in [0.2, 0.25) is 0 Å². The lowest BCUT2D eigenvalue weighted by Crippen LogP contribution is -2.27. The maximum atomic E-state index is 12.4. The summed E-state index contributed by atoms with van der Waals surface area (Å²) in [6.45, 7) is 4.30. The summed E-state index contributed by atoms with van der Waals surface area (Å²) in [5.41, 5.74) is 8.23. The molecule has 0 spiro atoms. The van der Waals surface area contributed by atoms with Gasteiger partial charge < -0.3 is 10.6 Å². The number of nitrogens with zero attached hydrogens (tertiary/aromatic N) is 3. The fourth-order valence-corrected chi connectivity index (χ4v) is 2.60. The Morgan fingerprint density at radius 2 is 2.00 bits per heavy atom. The molecule has 0 bridgehead atoms. The zero-order chi connectivity index (χ0) is 16.4. The molecule has 2 N–H and O–H groups in total. The van der Waals surface area contributed by atoms with Crippen molar-refractivity contribution in [3.63, 3.8) is 0 Å². The highest BCUT2D eigenvalue weighted by atomic mass is 35.5. The molecule has 0 fully saturated rings. The van der Waals surface area contributed by atoms with E-state index < -0.39 is 0 Å². The second-order valence-electron chi connectivity index (χ2n) is 5.26. The lowest BCUT2D eigenvalue weighted by molar-refractivity contribution is 0.712. The number of hydrogen-bond acceptors (Lipinski definition) is 4. The first-order chi connectivity index (χ1) is 10.4. The first kappa shape index (κ1) is 16.4. The molecule has 1 heterocycles. The molecule has 0 amide bonds. The molecule has 2 aromatic rings. The molecule has 0 atom stereocenters. The lowest BCUT2D eigenvalue weighted by atomic mass is 10.1. The molecule has 2 rings (SSSR count). The van der Waals surface area contributed by atoms with Gasteiger partial charge in [0.25, 0.3) is 5.56 Å². The van der Waals surface area contributed by atoms with Crippen LogP contribution in [0.1, 0.15) is 19.5 Å². The van der Waals surface area contributed by atoms with Gasteiger partial charge in [-0.1, -0.05) is 18.5 Å². The number of hydrogen-bond donors (Lipinski definition) is 1. The average molecular weight is 321 g/mol. The van der Waals surface area contributed by atoms with Crippen molar-refractivity contribution < 1.29 is 0 Å². The molecular formula is C16H21ClN4O. The van der Waals surface area contributed by atoms with Crippen LogP contribution in [0.25, 0.3) is 11.4 Å². The fraction of sp³-hybridized carbons (Fsp3) is 0.375. The Kier molecular flexibility index (Phi) is 4.76. The number of halogens is 1. The summed E-state index contributed by atoms with van der Waals surface area (Å²) in [5, 5.41) is 0.562. The van der Waals surface area contributed by atoms with Crippen LogP contribution in [0.3, 0.4) is 0 Å². The van der Waals surface area contributed by atoms with E-state index in [0.717, 1.165) is 11.3 Å². The summed E-state index contributed by atoms with van der Waals surface area (Å²) in [4.78, 5) is 18.9. The minimum Gasteiger partial charge on any atom is -0.393 e. The Labute approximate surface area is 135 Å². The third-order valence-electron chi connectivity index (χ3n) is 3.64. The Morgan fingerprint density at radius 1 is 1.32 bits per heavy atom. The van der Waals surface area contributed by atoms with Crippen LogP contribution in [0.2, 0.25) is 5.02 Å². The van der Waals surface area contributed by atoms with Gasteiger partial charge in [-0.2, -0.15) is 0 Å². The van der Waals surface area contributed by atoms with Gasteiger partial charge in [0.1, 0.15) is 11.5 Å². The molecule has 5 nitrogen and oxygen atoms in total. The van der Waals surface area contributed by atoms with E-state index in [1.54, 1.807) is 4.57 Å². The van der Waals surface area contributed by atoms with Gasteiger partial charge in [-0.15, -0.1) is 0 Å². The number of anilines is 2. The van der Waals surface area contributed by atoms with Crippen LogP contribution in [0.5, 0.6) is 0 Å². The largest absolute Gasteiger partial charge is 0.393 e. The number of aryl methyl sites for hydroxylation is 1. The molecule has 1 aromatic carbocycles. The molecule has 0 aliphatic heterocycles. The van der Waals surface area contributed by atoms with Crippen molar-refractivity contribution >= 4 is 23.0 Å². The number of nitrogens with two attached hydrogens (primary N) is 1. The molecule has 0 radical (unpaired) electrons. The maximum absolute atomic E-state index is 12.4. The quantitative estimate of drug-likeness (QED) is 0.941. The molecular weight excluding hydrogens is 300 g/mol. The first-order valence-corrected chi connectivity index (χ1v) is 7.64. The number of nitrogen functional groups attached to an aromatic ring is 1. The van der Waals surface area contributed by atoms with Crippen LogP contribution in [-0.4, -0.2) is 23.6 Å². The van der Waals surface area contributed by atoms with E-state index in [4.69, 9.17) is 17.3 Å². The smallest absolute Gasteiger partial charge is 0.277 e. The fourth-order valence-electron chi connectivity index (χ4n) is 2.35. The van der Waals surface area contributed by atoms with Gasteiger partial charge >= 0.3 is 0 Å². The summed E-state index contributed by atoms with van der Waals surface area (Å²) < 4.78 is 1.56. The second kappa shape index (κ2) is 6.40. The van der Waals surface area contributed by atoms with Crippen molar-refractivity contribution in [1.29, 1.82) is 0 Å². The van der Waals surface area contributed by atoms with Gasteiger partial charge in [-0.05, 0) is 31.5 Å². The van der Waals surface area contributed by atoms with Gasteiger partial charge in [0.15, 0.2) is 0 Å². The van der Waals surface area contributed by atoms with E-state index in [0.29, 0.717) is 29.5 Å². The predicted molar refractivity (Wildman–Crippen MR) is 92.7 cm³/mol. The number of rotatable bonds is 4. The van der Waals surface area contributed by atoms with Crippen molar-refractivity contribution in [2.75, 3.05) is 24.7 Å². The molecule has 0 aliphatic rings. The van der Waals surface area contributed by atoms with Crippen molar-refractivity contribution in [3.05, 3.63) is 39.3 Å². The topological polar surface area (TPSA) is 64.2 Å². The van der Waals surface area contributed by atoms with E-state index in [-0.39, 0.29) is 11.2 Å². The number of benzene rings is 1. The molecule has 1 aromatic heterocycles. The summed E-state index contributed by atoms with van der Waals surface area (Å²) >= 11 is 6.41. The highest BCUT2D eigenvalue weighted by molar-refractivity contribution is 6.33. The molecule has 118 valence electrons. The molecule has 0 saturated carbocycles. The van der Waals surface area contributed by atoms with Crippen molar-refractivity contribution in [2.24, 2.45) is 0 Å². The van der Waals surface area contributed by atoms with E-state index in [9.17, 15) is 4.79 Å². The van der Waals surface area contributed by atoms with Crippen LogP contribution in [0.15, 0.2) is 23.0 Å². The summed E-state index contributed by atoms with van der Waals surface area (Å²) in [5.74, 6) is 0.564. The molecule has 6 heteroatoms. The summed E-state index contributed by atoms with van der Waals surface area (Å²) in [6, 6.07) is 5.71. The Bertz CT molecular complexity index is 753. The highest BCUT2D eigenvalue weighted by Crippen LogP contribution is 2.30. The van der Waals surface area contributed by atoms with E-state index >= 15 is 0 Å². The first-order valence-electron chi connectivity index (χ1n) is 7.27. The van der Waals surface area contributed by atoms with Gasteiger partial charge in [0, 0.05) is 31.9 Å². The van der Waals surface area contributed by atoms with E-state index in [1.165, 1.54) is 0 Å². The highest BCUT2D eigenvalue weighted by Gasteiger charge is 2.16. The van der Waals surface area contributed by atoms with Crippen LogP contribution >= 0.6 is 11.6 Å². The Hall–Kier alpha value is -2.01. The van der Waals surface area contributed by atoms with Gasteiger partial charge in [-0.3, -0.25) is 9.36 Å². The minimum atomic E-state index is -0.211. The monoisotopic (exact) mass is 320 g/mol. The molecule has 22 heavy (non-hydrogen) atoms. The third kappa shape index (κ3) is 2.81. The van der Waals surface area contributed by atoms with E-state index in [2.05, 4.69) is 4.98 Å². The van der Waals surface area contributed by atoms with Crippen molar-refractivity contribution in [2.45, 2.75) is 26.8 Å². The van der Waals surface area contributed by atoms with Crippen molar-refractivity contribution in [1.82, 2.24) is 9.55 Å². The lowest BCUT2D eigenvalue weighted by Gasteiger charge is -2.17. The summed E-state index contributed by atoms with van der Waals surface area (Å²) in [6.07, 6.45) is 0.603. The normalized spacial score (nSPS) is 10.8. The summed E-state index contributed by atoms with van der Waals surface area (Å²) in [7, 11) is 3.90. The van der Waals surface area contributed by atoms with Gasteiger partial charge in [0.05, 0.1) is 10.7 Å². The molecule has 0 saturated heterocycles. The van der Waals surface area contributed by atoms with Gasteiger partial charge in [-0.25, -0.2) is 4.98 Å². The van der Waals surface area contributed by atoms with Crippen molar-refractivity contribution in [3.8, 4) is 11.4 Å². The number of aromatic nitrogens is 2. The standard InChI is InChI=1S/C16H21ClN4O/c1-5-13-14(18)16(22)21(6-2)15(19-13)11-8-7-10(20(3)4)9-12(11)17/h7-9H,5-6,18H2,1-4H3.